The number of carbonyl (C=O) groups excluding carboxylic acids is 2. The molecule has 26 heavy (non-hydrogen) atoms. The van der Waals surface area contributed by atoms with Gasteiger partial charge in [-0.1, -0.05) is 0 Å². The summed E-state index contributed by atoms with van der Waals surface area (Å²) >= 11 is 0. The topological polar surface area (TPSA) is 65.1 Å². The van der Waals surface area contributed by atoms with Gasteiger partial charge in [0.25, 0.3) is 0 Å². The Morgan fingerprint density at radius 3 is 2.50 bits per heavy atom. The van der Waals surface area contributed by atoms with Crippen LogP contribution in [-0.2, 0) is 14.3 Å². The molecule has 0 saturated carbocycles. The first-order chi connectivity index (χ1) is 12.5. The molecule has 3 fully saturated rings. The number of nitrogens with zero attached hydrogens (tertiary/aromatic N) is 3. The fraction of sp³-hybridized carbons (Fsp3) is 0.895. The van der Waals surface area contributed by atoms with E-state index in [1.165, 1.54) is 6.42 Å². The lowest BCUT2D eigenvalue weighted by Crippen LogP contribution is -2.52. The molecular formula is C19H34N4O3. The summed E-state index contributed by atoms with van der Waals surface area (Å²) in [5.41, 5.74) is 0. The van der Waals surface area contributed by atoms with Crippen LogP contribution in [0.3, 0.4) is 0 Å². The van der Waals surface area contributed by atoms with E-state index in [4.69, 9.17) is 4.74 Å². The standard InChI is InChI=1S/C19H34N4O3/c1-15-12-21(13-16(2)26-15)7-3-17-4-8-22(9-5-17)19(25)14-23-10-6-20-11-18(23)24/h15-17,20H,3-14H2,1-2H3/t15-,16+. The first-order valence-corrected chi connectivity index (χ1v) is 10.2. The Morgan fingerprint density at radius 2 is 1.85 bits per heavy atom. The largest absolute Gasteiger partial charge is 0.373 e. The highest BCUT2D eigenvalue weighted by Crippen LogP contribution is 2.22. The summed E-state index contributed by atoms with van der Waals surface area (Å²) in [5.74, 6) is 0.844. The molecule has 0 unspecified atom stereocenters. The summed E-state index contributed by atoms with van der Waals surface area (Å²) in [4.78, 5) is 30.5. The Labute approximate surface area is 157 Å². The number of hydrogen-bond acceptors (Lipinski definition) is 5. The Balaban J connectivity index is 1.36. The van der Waals surface area contributed by atoms with Crippen LogP contribution in [0.5, 0.6) is 0 Å². The number of rotatable bonds is 5. The Morgan fingerprint density at radius 1 is 1.15 bits per heavy atom. The minimum absolute atomic E-state index is 0.0356. The zero-order chi connectivity index (χ0) is 18.5. The van der Waals surface area contributed by atoms with E-state index in [0.717, 1.165) is 52.1 Å². The van der Waals surface area contributed by atoms with Gasteiger partial charge in [0.15, 0.2) is 0 Å². The van der Waals surface area contributed by atoms with Gasteiger partial charge in [0.2, 0.25) is 11.8 Å². The van der Waals surface area contributed by atoms with Gasteiger partial charge >= 0.3 is 0 Å². The average molecular weight is 367 g/mol. The first-order valence-electron chi connectivity index (χ1n) is 10.2. The number of nitrogens with one attached hydrogen (secondary N) is 1. The van der Waals surface area contributed by atoms with Crippen molar-refractivity contribution in [1.82, 2.24) is 20.0 Å². The van der Waals surface area contributed by atoms with Crippen LogP contribution in [0, 0.1) is 5.92 Å². The van der Waals surface area contributed by atoms with Gasteiger partial charge in [-0.2, -0.15) is 0 Å². The monoisotopic (exact) mass is 366 g/mol. The van der Waals surface area contributed by atoms with Gasteiger partial charge in [0.1, 0.15) is 0 Å². The quantitative estimate of drug-likeness (QED) is 0.751. The number of hydrogen-bond donors (Lipinski definition) is 1. The van der Waals surface area contributed by atoms with Gasteiger partial charge in [-0.25, -0.2) is 0 Å². The molecule has 0 aromatic heterocycles. The number of ether oxygens (including phenoxy) is 1. The molecule has 7 nitrogen and oxygen atoms in total. The third-order valence-corrected chi connectivity index (χ3v) is 5.83. The van der Waals surface area contributed by atoms with Crippen molar-refractivity contribution in [2.45, 2.75) is 45.3 Å². The Hall–Kier alpha value is -1.18. The number of amides is 2. The molecule has 3 saturated heterocycles. The average Bonchev–Trinajstić information content (AvgIpc) is 2.61. The van der Waals surface area contributed by atoms with Crippen molar-refractivity contribution in [2.24, 2.45) is 5.92 Å². The lowest BCUT2D eigenvalue weighted by molar-refractivity contribution is -0.141. The van der Waals surface area contributed by atoms with Crippen molar-refractivity contribution < 1.29 is 14.3 Å². The van der Waals surface area contributed by atoms with Crippen molar-refractivity contribution in [2.75, 3.05) is 58.9 Å². The Kier molecular flexibility index (Phi) is 6.89. The van der Waals surface area contributed by atoms with E-state index in [9.17, 15) is 9.59 Å². The third kappa shape index (κ3) is 5.41. The van der Waals surface area contributed by atoms with E-state index in [-0.39, 0.29) is 18.4 Å². The fourth-order valence-electron chi connectivity index (χ4n) is 4.38. The van der Waals surface area contributed by atoms with Gasteiger partial charge in [-0.05, 0) is 45.6 Å². The minimum atomic E-state index is 0.0356. The zero-order valence-corrected chi connectivity index (χ0v) is 16.3. The smallest absolute Gasteiger partial charge is 0.242 e. The summed E-state index contributed by atoms with van der Waals surface area (Å²) in [5, 5.41) is 3.04. The predicted octanol–water partition coefficient (Wildman–Crippen LogP) is 0.156. The second-order valence-electron chi connectivity index (χ2n) is 8.12. The summed E-state index contributed by atoms with van der Waals surface area (Å²) in [7, 11) is 0. The highest BCUT2D eigenvalue weighted by molar-refractivity contribution is 5.86. The summed E-state index contributed by atoms with van der Waals surface area (Å²) in [6.07, 6.45) is 4.02. The molecule has 0 aliphatic carbocycles. The van der Waals surface area contributed by atoms with Gasteiger partial charge in [-0.3, -0.25) is 14.5 Å². The van der Waals surface area contributed by atoms with Crippen molar-refractivity contribution in [3.63, 3.8) is 0 Å². The summed E-state index contributed by atoms with van der Waals surface area (Å²) < 4.78 is 5.80. The molecule has 2 amide bonds. The number of morpholine rings is 1. The van der Waals surface area contributed by atoms with E-state index in [1.54, 1.807) is 4.90 Å². The van der Waals surface area contributed by atoms with Crippen LogP contribution in [0.2, 0.25) is 0 Å². The number of likely N-dealkylation sites (tertiary alicyclic amines) is 1. The van der Waals surface area contributed by atoms with Gasteiger partial charge in [0, 0.05) is 39.3 Å². The number of piperidine rings is 1. The van der Waals surface area contributed by atoms with Crippen molar-refractivity contribution >= 4 is 11.8 Å². The van der Waals surface area contributed by atoms with E-state index >= 15 is 0 Å². The molecule has 3 heterocycles. The van der Waals surface area contributed by atoms with Crippen LogP contribution < -0.4 is 5.32 Å². The maximum absolute atomic E-state index is 12.5. The van der Waals surface area contributed by atoms with Crippen LogP contribution in [0.4, 0.5) is 0 Å². The van der Waals surface area contributed by atoms with Crippen LogP contribution in [0.25, 0.3) is 0 Å². The minimum Gasteiger partial charge on any atom is -0.373 e. The van der Waals surface area contributed by atoms with Crippen LogP contribution in [0.15, 0.2) is 0 Å². The van der Waals surface area contributed by atoms with Crippen molar-refractivity contribution in [1.29, 1.82) is 0 Å². The van der Waals surface area contributed by atoms with Crippen molar-refractivity contribution in [3.8, 4) is 0 Å². The molecule has 3 rings (SSSR count). The molecule has 0 aromatic rings. The molecule has 148 valence electrons. The summed E-state index contributed by atoms with van der Waals surface area (Å²) in [6, 6.07) is 0. The molecule has 2 atom stereocenters. The number of carbonyl (C=O) groups is 2. The maximum atomic E-state index is 12.5. The van der Waals surface area contributed by atoms with E-state index in [1.807, 2.05) is 4.90 Å². The fourth-order valence-corrected chi connectivity index (χ4v) is 4.38. The molecule has 3 aliphatic heterocycles. The maximum Gasteiger partial charge on any atom is 0.242 e. The third-order valence-electron chi connectivity index (χ3n) is 5.83. The second-order valence-corrected chi connectivity index (χ2v) is 8.12. The van der Waals surface area contributed by atoms with Gasteiger partial charge in [0.05, 0.1) is 25.3 Å². The molecule has 0 aromatic carbocycles. The van der Waals surface area contributed by atoms with E-state index in [0.29, 0.717) is 31.2 Å². The predicted molar refractivity (Wildman–Crippen MR) is 99.8 cm³/mol. The summed E-state index contributed by atoms with van der Waals surface area (Å²) in [6.45, 7) is 11.2. The lowest BCUT2D eigenvalue weighted by Gasteiger charge is -2.37. The van der Waals surface area contributed by atoms with Crippen LogP contribution in [-0.4, -0.2) is 97.6 Å². The molecule has 0 bridgehead atoms. The van der Waals surface area contributed by atoms with Gasteiger partial charge < -0.3 is 19.9 Å². The van der Waals surface area contributed by atoms with Gasteiger partial charge in [-0.15, -0.1) is 0 Å². The first kappa shape index (κ1) is 19.6. The molecule has 1 N–H and O–H groups in total. The van der Waals surface area contributed by atoms with Crippen LogP contribution in [0.1, 0.15) is 33.1 Å². The number of piperazine rings is 1. The van der Waals surface area contributed by atoms with Crippen LogP contribution >= 0.6 is 0 Å². The van der Waals surface area contributed by atoms with E-state index in [2.05, 4.69) is 24.1 Å². The lowest BCUT2D eigenvalue weighted by atomic mass is 9.93. The second kappa shape index (κ2) is 9.15. The molecule has 0 radical (unpaired) electrons. The molecule has 7 heteroatoms. The van der Waals surface area contributed by atoms with E-state index < -0.39 is 0 Å². The molecule has 3 aliphatic rings. The molecular weight excluding hydrogens is 332 g/mol. The van der Waals surface area contributed by atoms with Crippen molar-refractivity contribution in [3.05, 3.63) is 0 Å². The zero-order valence-electron chi connectivity index (χ0n) is 16.3. The normalized spacial score (nSPS) is 29.2. The highest BCUT2D eigenvalue weighted by atomic mass is 16.5. The highest BCUT2D eigenvalue weighted by Gasteiger charge is 2.28. The SMILES string of the molecule is C[C@@H]1CN(CCC2CCN(C(=O)CN3CCNCC3=O)CC2)C[C@H](C)O1. The Bertz CT molecular complexity index is 483. The molecule has 0 spiro atoms.